The van der Waals surface area contributed by atoms with Crippen molar-refractivity contribution in [3.05, 3.63) is 77.7 Å². The molecule has 7 heteroatoms. The van der Waals surface area contributed by atoms with Crippen LogP contribution in [0.15, 0.2) is 60.9 Å². The zero-order chi connectivity index (χ0) is 23.7. The smallest absolute Gasteiger partial charge is 0.335 e. The number of benzene rings is 2. The number of nitrogen functional groups attached to an aromatic ring is 1. The molecule has 0 unspecified atom stereocenters. The van der Waals surface area contributed by atoms with Crippen molar-refractivity contribution in [3.63, 3.8) is 0 Å². The number of anilines is 3. The molecule has 2 aromatic heterocycles. The molecule has 0 amide bonds. The van der Waals surface area contributed by atoms with Crippen molar-refractivity contribution in [2.45, 2.75) is 51.6 Å². The molecule has 7 nitrogen and oxygen atoms in total. The average Bonchev–Trinajstić information content (AvgIpc) is 3.51. The number of aromatic nitrogens is 3. The number of carbonyl (C=O) groups is 1. The molecule has 2 heterocycles. The van der Waals surface area contributed by atoms with E-state index in [1.165, 1.54) is 12.8 Å². The highest BCUT2D eigenvalue weighted by atomic mass is 16.4. The van der Waals surface area contributed by atoms with Gasteiger partial charge in [0.25, 0.3) is 0 Å². The van der Waals surface area contributed by atoms with Gasteiger partial charge >= 0.3 is 5.97 Å². The molecule has 0 bridgehead atoms. The van der Waals surface area contributed by atoms with E-state index in [-0.39, 0.29) is 5.56 Å². The maximum absolute atomic E-state index is 11.7. The summed E-state index contributed by atoms with van der Waals surface area (Å²) in [6.45, 7) is 2.64. The molecule has 1 aliphatic carbocycles. The standard InChI is InChI=1S/C27H29N5O2/c1-2-24-26-23(28)14-22(15-25(26)32(30-24)20-9-3-4-10-20)31(17-18-7-6-12-29-16-18)21-11-5-8-19(13-21)27(33)34/h5-8,11-16,20H,2-4,9-10,17,28H2,1H3,(H,33,34). The fourth-order valence-corrected chi connectivity index (χ4v) is 5.01. The summed E-state index contributed by atoms with van der Waals surface area (Å²) in [5.41, 5.74) is 12.4. The molecule has 5 rings (SSSR count). The van der Waals surface area contributed by atoms with Crippen LogP contribution in [0.5, 0.6) is 0 Å². The number of nitrogens with two attached hydrogens (primary N) is 1. The molecule has 1 fully saturated rings. The number of carboxylic acid groups (broad SMARTS) is 1. The summed E-state index contributed by atoms with van der Waals surface area (Å²) in [6.07, 6.45) is 9.09. The van der Waals surface area contributed by atoms with Crippen molar-refractivity contribution in [3.8, 4) is 0 Å². The number of nitrogens with zero attached hydrogens (tertiary/aromatic N) is 4. The predicted molar refractivity (Wildman–Crippen MR) is 135 cm³/mol. The lowest BCUT2D eigenvalue weighted by atomic mass is 10.1. The van der Waals surface area contributed by atoms with E-state index < -0.39 is 5.97 Å². The van der Waals surface area contributed by atoms with E-state index in [4.69, 9.17) is 10.8 Å². The third-order valence-corrected chi connectivity index (χ3v) is 6.68. The summed E-state index contributed by atoms with van der Waals surface area (Å²) in [7, 11) is 0. The highest BCUT2D eigenvalue weighted by Crippen LogP contribution is 2.39. The number of fused-ring (bicyclic) bond motifs is 1. The van der Waals surface area contributed by atoms with Crippen molar-refractivity contribution in [1.82, 2.24) is 14.8 Å². The second-order valence-electron chi connectivity index (χ2n) is 8.92. The van der Waals surface area contributed by atoms with Gasteiger partial charge in [-0.2, -0.15) is 5.10 Å². The molecular formula is C27H29N5O2. The van der Waals surface area contributed by atoms with Crippen molar-refractivity contribution in [1.29, 1.82) is 0 Å². The normalized spacial score (nSPS) is 14.0. The van der Waals surface area contributed by atoms with Crippen molar-refractivity contribution < 1.29 is 9.90 Å². The Morgan fingerprint density at radius 1 is 1.15 bits per heavy atom. The number of carboxylic acids is 1. The molecular weight excluding hydrogens is 426 g/mol. The van der Waals surface area contributed by atoms with Gasteiger partial charge in [0.1, 0.15) is 0 Å². The number of aromatic carboxylic acids is 1. The fourth-order valence-electron chi connectivity index (χ4n) is 5.01. The lowest BCUT2D eigenvalue weighted by Gasteiger charge is -2.26. The van der Waals surface area contributed by atoms with E-state index in [1.807, 2.05) is 30.5 Å². The predicted octanol–water partition coefficient (Wildman–Crippen LogP) is 5.73. The van der Waals surface area contributed by atoms with Gasteiger partial charge in [-0.3, -0.25) is 9.67 Å². The zero-order valence-corrected chi connectivity index (χ0v) is 19.3. The highest BCUT2D eigenvalue weighted by molar-refractivity contribution is 5.97. The minimum atomic E-state index is -0.954. The first kappa shape index (κ1) is 21.9. The van der Waals surface area contributed by atoms with E-state index >= 15 is 0 Å². The Kier molecular flexibility index (Phi) is 5.92. The number of hydrogen-bond donors (Lipinski definition) is 2. The topological polar surface area (TPSA) is 97.3 Å². The quantitative estimate of drug-likeness (QED) is 0.346. The van der Waals surface area contributed by atoms with Crippen LogP contribution in [0.4, 0.5) is 17.1 Å². The first-order chi connectivity index (χ1) is 16.5. The fraction of sp³-hybridized carbons (Fsp3) is 0.296. The minimum Gasteiger partial charge on any atom is -0.478 e. The Balaban J connectivity index is 1.68. The van der Waals surface area contributed by atoms with E-state index in [0.717, 1.165) is 52.8 Å². The van der Waals surface area contributed by atoms with Crippen LogP contribution in [0.25, 0.3) is 10.9 Å². The van der Waals surface area contributed by atoms with Crippen LogP contribution < -0.4 is 10.6 Å². The zero-order valence-electron chi connectivity index (χ0n) is 19.3. The van der Waals surface area contributed by atoms with Gasteiger partial charge in [-0.1, -0.05) is 31.9 Å². The number of pyridine rings is 1. The molecule has 2 aromatic carbocycles. The molecule has 0 spiro atoms. The van der Waals surface area contributed by atoms with Gasteiger partial charge < -0.3 is 15.7 Å². The summed E-state index contributed by atoms with van der Waals surface area (Å²) in [5, 5.41) is 15.6. The average molecular weight is 456 g/mol. The summed E-state index contributed by atoms with van der Waals surface area (Å²) in [5.74, 6) is -0.954. The van der Waals surface area contributed by atoms with E-state index in [0.29, 0.717) is 18.3 Å². The van der Waals surface area contributed by atoms with E-state index in [9.17, 15) is 9.90 Å². The second kappa shape index (κ2) is 9.17. The molecule has 1 saturated carbocycles. The summed E-state index contributed by atoms with van der Waals surface area (Å²) in [4.78, 5) is 18.0. The number of rotatable bonds is 7. The van der Waals surface area contributed by atoms with Gasteiger partial charge in [0.15, 0.2) is 0 Å². The monoisotopic (exact) mass is 455 g/mol. The maximum atomic E-state index is 11.7. The maximum Gasteiger partial charge on any atom is 0.335 e. The third-order valence-electron chi connectivity index (χ3n) is 6.68. The van der Waals surface area contributed by atoms with Crippen LogP contribution in [0, 0.1) is 0 Å². The van der Waals surface area contributed by atoms with Gasteiger partial charge in [-0.05, 0) is 61.2 Å². The van der Waals surface area contributed by atoms with Crippen LogP contribution in [-0.4, -0.2) is 25.8 Å². The Morgan fingerprint density at radius 2 is 1.97 bits per heavy atom. The lowest BCUT2D eigenvalue weighted by Crippen LogP contribution is -2.18. The van der Waals surface area contributed by atoms with Crippen LogP contribution in [-0.2, 0) is 13.0 Å². The third kappa shape index (κ3) is 4.09. The summed E-state index contributed by atoms with van der Waals surface area (Å²) < 4.78 is 2.18. The van der Waals surface area contributed by atoms with Crippen LogP contribution in [0.1, 0.15) is 60.3 Å². The van der Waals surface area contributed by atoms with Crippen LogP contribution in [0.3, 0.4) is 0 Å². The Hall–Kier alpha value is -3.87. The van der Waals surface area contributed by atoms with E-state index in [2.05, 4.69) is 27.6 Å². The van der Waals surface area contributed by atoms with Crippen molar-refractivity contribution in [2.24, 2.45) is 0 Å². The molecule has 1 aliphatic rings. The molecule has 34 heavy (non-hydrogen) atoms. The van der Waals surface area contributed by atoms with E-state index in [1.54, 1.807) is 24.4 Å². The molecule has 0 saturated heterocycles. The lowest BCUT2D eigenvalue weighted by molar-refractivity contribution is 0.0697. The molecule has 4 aromatic rings. The van der Waals surface area contributed by atoms with Gasteiger partial charge in [0.2, 0.25) is 0 Å². The van der Waals surface area contributed by atoms with Crippen LogP contribution in [0.2, 0.25) is 0 Å². The Morgan fingerprint density at radius 3 is 2.68 bits per heavy atom. The largest absolute Gasteiger partial charge is 0.478 e. The molecule has 0 atom stereocenters. The summed E-state index contributed by atoms with van der Waals surface area (Å²) in [6, 6.07) is 15.4. The Labute approximate surface area is 198 Å². The molecule has 174 valence electrons. The first-order valence-electron chi connectivity index (χ1n) is 11.9. The van der Waals surface area contributed by atoms with Gasteiger partial charge in [-0.15, -0.1) is 0 Å². The first-order valence-corrected chi connectivity index (χ1v) is 11.9. The Bertz CT molecular complexity index is 1330. The second-order valence-corrected chi connectivity index (χ2v) is 8.92. The molecule has 0 radical (unpaired) electrons. The number of aryl methyl sites for hydroxylation is 1. The van der Waals surface area contributed by atoms with Crippen molar-refractivity contribution in [2.75, 3.05) is 10.6 Å². The van der Waals surface area contributed by atoms with Gasteiger partial charge in [0, 0.05) is 41.4 Å². The van der Waals surface area contributed by atoms with Crippen LogP contribution >= 0.6 is 0 Å². The molecule has 3 N–H and O–H groups in total. The minimum absolute atomic E-state index is 0.243. The van der Waals surface area contributed by atoms with Crippen molar-refractivity contribution >= 4 is 33.9 Å². The van der Waals surface area contributed by atoms with Gasteiger partial charge in [0.05, 0.1) is 22.8 Å². The van der Waals surface area contributed by atoms with Gasteiger partial charge in [-0.25, -0.2) is 4.79 Å². The number of hydrogen-bond acceptors (Lipinski definition) is 5. The summed E-state index contributed by atoms with van der Waals surface area (Å²) >= 11 is 0. The SMILES string of the molecule is CCc1nn(C2CCCC2)c2cc(N(Cc3cccnc3)c3cccc(C(=O)O)c3)cc(N)c12. The molecule has 0 aliphatic heterocycles. The highest BCUT2D eigenvalue weighted by Gasteiger charge is 2.24.